The smallest absolute Gasteiger partial charge is 0.135 e. The number of anilines is 6. The molecule has 14 aromatic rings. The van der Waals surface area contributed by atoms with Crippen LogP contribution in [0, 0.1) is 0 Å². The average molecular weight is 972 g/mol. The monoisotopic (exact) mass is 971 g/mol. The minimum Gasteiger partial charge on any atom is -0.456 e. The fraction of sp³-hybridized carbons (Fsp3) is 0. The molecule has 0 aliphatic carbocycles. The van der Waals surface area contributed by atoms with Gasteiger partial charge in [-0.25, -0.2) is 0 Å². The third-order valence-corrected chi connectivity index (χ3v) is 14.8. The van der Waals surface area contributed by atoms with Crippen LogP contribution >= 0.6 is 0 Å². The molecule has 0 atom stereocenters. The SMILES string of the molecule is c1ccc(-c2ccc(N(c3ccc(-c4ccccc4)cc3)c3cc(N(c4ccc(-c5ccccc5)cc4)c4ccc(-c5ccc6oc7ccccc7c6c5)cc4)cc(-n4c5ccccc5c5ccccc54)c3)cc2)cc1. The Morgan fingerprint density at radius 1 is 0.224 bits per heavy atom. The van der Waals surface area contributed by atoms with Gasteiger partial charge in [0.25, 0.3) is 0 Å². The van der Waals surface area contributed by atoms with E-state index >= 15 is 0 Å². The van der Waals surface area contributed by atoms with Crippen molar-refractivity contribution in [1.82, 2.24) is 4.57 Å². The van der Waals surface area contributed by atoms with Gasteiger partial charge in [0, 0.05) is 44.3 Å². The first kappa shape index (κ1) is 44.5. The summed E-state index contributed by atoms with van der Waals surface area (Å²) in [5, 5.41) is 4.65. The summed E-state index contributed by atoms with van der Waals surface area (Å²) in [4.78, 5) is 4.81. The number of hydrogen-bond acceptors (Lipinski definition) is 3. The van der Waals surface area contributed by atoms with E-state index in [9.17, 15) is 0 Å². The van der Waals surface area contributed by atoms with Crippen LogP contribution in [0.3, 0.4) is 0 Å². The highest BCUT2D eigenvalue weighted by molar-refractivity contribution is 6.10. The zero-order valence-electron chi connectivity index (χ0n) is 41.5. The summed E-state index contributed by atoms with van der Waals surface area (Å²) in [6, 6.07) is 107. The molecule has 2 aromatic heterocycles. The minimum atomic E-state index is 0.888. The molecule has 4 heteroatoms. The van der Waals surface area contributed by atoms with Gasteiger partial charge in [0.15, 0.2) is 0 Å². The highest BCUT2D eigenvalue weighted by atomic mass is 16.3. The molecule has 0 unspecified atom stereocenters. The van der Waals surface area contributed by atoms with Crippen LogP contribution < -0.4 is 9.80 Å². The van der Waals surface area contributed by atoms with E-state index in [4.69, 9.17) is 4.42 Å². The molecular weight excluding hydrogens is 923 g/mol. The Labute approximate surface area is 441 Å². The molecule has 0 radical (unpaired) electrons. The molecule has 2 heterocycles. The maximum absolute atomic E-state index is 6.23. The Bertz CT molecular complexity index is 4220. The fourth-order valence-electron chi connectivity index (χ4n) is 11.1. The van der Waals surface area contributed by atoms with E-state index in [1.54, 1.807) is 0 Å². The van der Waals surface area contributed by atoms with Gasteiger partial charge in [-0.1, -0.05) is 200 Å². The van der Waals surface area contributed by atoms with Crippen LogP contribution in [-0.2, 0) is 0 Å². The number of hydrogen-bond donors (Lipinski definition) is 0. The third kappa shape index (κ3) is 8.15. The van der Waals surface area contributed by atoms with E-state index in [1.165, 1.54) is 27.5 Å². The molecule has 12 aromatic carbocycles. The highest BCUT2D eigenvalue weighted by Gasteiger charge is 2.22. The van der Waals surface area contributed by atoms with Gasteiger partial charge in [-0.3, -0.25) is 0 Å². The molecule has 0 saturated carbocycles. The summed E-state index contributed by atoms with van der Waals surface area (Å²) in [7, 11) is 0. The number of furan rings is 1. The van der Waals surface area contributed by atoms with Crippen molar-refractivity contribution < 1.29 is 4.42 Å². The number of aromatic nitrogens is 1. The maximum atomic E-state index is 6.23. The molecule has 358 valence electrons. The molecule has 0 amide bonds. The summed E-state index contributed by atoms with van der Waals surface area (Å²) in [5.74, 6) is 0. The van der Waals surface area contributed by atoms with Crippen LogP contribution in [0.2, 0.25) is 0 Å². The van der Waals surface area contributed by atoms with Crippen LogP contribution in [0.4, 0.5) is 34.1 Å². The van der Waals surface area contributed by atoms with E-state index in [0.717, 1.165) is 101 Å². The summed E-state index contributed by atoms with van der Waals surface area (Å²) in [6.07, 6.45) is 0. The molecule has 0 saturated heterocycles. The van der Waals surface area contributed by atoms with E-state index in [-0.39, 0.29) is 0 Å². The zero-order chi connectivity index (χ0) is 50.4. The lowest BCUT2D eigenvalue weighted by atomic mass is 10.0. The molecule has 0 spiro atoms. The zero-order valence-corrected chi connectivity index (χ0v) is 41.5. The summed E-state index contributed by atoms with van der Waals surface area (Å²) < 4.78 is 8.66. The largest absolute Gasteiger partial charge is 0.456 e. The Morgan fingerprint density at radius 3 is 0.987 bits per heavy atom. The Morgan fingerprint density at radius 2 is 0.553 bits per heavy atom. The molecule has 14 rings (SSSR count). The van der Waals surface area contributed by atoms with E-state index in [2.05, 4.69) is 299 Å². The standard InChI is InChI=1S/C72H49N3O/c1-4-16-50(17-5-1)53-28-37-58(38-29-53)73(59-39-30-54(31-40-59)51-18-6-2-7-19-51)62-47-63(49-64(48-62)75-69-25-13-10-22-65(69)66-23-11-14-26-70(66)75)74(60-41-32-55(33-42-60)52-20-8-3-9-21-52)61-43-34-56(35-44-61)57-36-45-72-68(46-57)67-24-12-15-27-71(67)76-72/h1-49H. The lowest BCUT2D eigenvalue weighted by molar-refractivity contribution is 0.669. The summed E-state index contributed by atoms with van der Waals surface area (Å²) in [6.45, 7) is 0. The maximum Gasteiger partial charge on any atom is 0.135 e. The van der Waals surface area contributed by atoms with Gasteiger partial charge in [-0.2, -0.15) is 0 Å². The van der Waals surface area contributed by atoms with Crippen LogP contribution in [-0.4, -0.2) is 4.57 Å². The number of para-hydroxylation sites is 3. The Kier molecular flexibility index (Phi) is 11.2. The van der Waals surface area contributed by atoms with Crippen molar-refractivity contribution in [2.24, 2.45) is 0 Å². The fourth-order valence-corrected chi connectivity index (χ4v) is 11.1. The second-order valence-electron chi connectivity index (χ2n) is 19.3. The highest BCUT2D eigenvalue weighted by Crippen LogP contribution is 2.45. The molecular formula is C72H49N3O. The van der Waals surface area contributed by atoms with Crippen molar-refractivity contribution in [1.29, 1.82) is 0 Å². The first-order valence-electron chi connectivity index (χ1n) is 25.9. The van der Waals surface area contributed by atoms with Crippen molar-refractivity contribution in [3.8, 4) is 50.2 Å². The van der Waals surface area contributed by atoms with Crippen molar-refractivity contribution in [3.05, 3.63) is 297 Å². The Balaban J connectivity index is 0.987. The molecule has 0 aliphatic heterocycles. The van der Waals surface area contributed by atoms with Gasteiger partial charge in [-0.05, 0) is 142 Å². The van der Waals surface area contributed by atoms with Crippen molar-refractivity contribution >= 4 is 77.9 Å². The quantitative estimate of drug-likeness (QED) is 0.129. The van der Waals surface area contributed by atoms with Crippen LogP contribution in [0.1, 0.15) is 0 Å². The second-order valence-corrected chi connectivity index (χ2v) is 19.3. The molecule has 0 bridgehead atoms. The molecule has 0 aliphatic rings. The Hall–Kier alpha value is -10.2. The van der Waals surface area contributed by atoms with Gasteiger partial charge in [0.1, 0.15) is 11.2 Å². The molecule has 0 fully saturated rings. The lowest BCUT2D eigenvalue weighted by Crippen LogP contribution is -2.14. The minimum absolute atomic E-state index is 0.888. The van der Waals surface area contributed by atoms with Gasteiger partial charge in [0.2, 0.25) is 0 Å². The van der Waals surface area contributed by atoms with Crippen molar-refractivity contribution in [3.63, 3.8) is 0 Å². The average Bonchev–Trinajstić information content (AvgIpc) is 4.09. The van der Waals surface area contributed by atoms with E-state index in [1.807, 2.05) is 12.1 Å². The first-order chi connectivity index (χ1) is 37.7. The summed E-state index contributed by atoms with van der Waals surface area (Å²) >= 11 is 0. The normalized spacial score (nSPS) is 11.4. The van der Waals surface area contributed by atoms with Crippen LogP contribution in [0.15, 0.2) is 302 Å². The molecule has 0 N–H and O–H groups in total. The second kappa shape index (κ2) is 19.0. The molecule has 4 nitrogen and oxygen atoms in total. The van der Waals surface area contributed by atoms with E-state index in [0.29, 0.717) is 0 Å². The third-order valence-electron chi connectivity index (χ3n) is 14.8. The predicted molar refractivity (Wildman–Crippen MR) is 319 cm³/mol. The van der Waals surface area contributed by atoms with Gasteiger partial charge >= 0.3 is 0 Å². The van der Waals surface area contributed by atoms with Gasteiger partial charge < -0.3 is 18.8 Å². The van der Waals surface area contributed by atoms with Gasteiger partial charge in [0.05, 0.1) is 28.1 Å². The van der Waals surface area contributed by atoms with Crippen molar-refractivity contribution in [2.45, 2.75) is 0 Å². The number of fused-ring (bicyclic) bond motifs is 6. The number of benzene rings is 12. The molecule has 76 heavy (non-hydrogen) atoms. The predicted octanol–water partition coefficient (Wildman–Crippen LogP) is 20.3. The topological polar surface area (TPSA) is 24.6 Å². The van der Waals surface area contributed by atoms with Gasteiger partial charge in [-0.15, -0.1) is 0 Å². The first-order valence-corrected chi connectivity index (χ1v) is 25.9. The number of nitrogens with zero attached hydrogens (tertiary/aromatic N) is 3. The van der Waals surface area contributed by atoms with Crippen molar-refractivity contribution in [2.75, 3.05) is 9.80 Å². The summed E-state index contributed by atoms with van der Waals surface area (Å²) in [5.41, 5.74) is 20.6. The lowest BCUT2D eigenvalue weighted by Gasteiger charge is -2.31. The van der Waals surface area contributed by atoms with Crippen LogP contribution in [0.25, 0.3) is 93.9 Å². The van der Waals surface area contributed by atoms with Crippen LogP contribution in [0.5, 0.6) is 0 Å². The van der Waals surface area contributed by atoms with E-state index < -0.39 is 0 Å². The number of rotatable bonds is 11.